The largest absolute Gasteiger partial charge is 0.494 e. The van der Waals surface area contributed by atoms with Crippen molar-refractivity contribution >= 4 is 5.69 Å². The minimum absolute atomic E-state index is 0.0697. The average molecular weight is 239 g/mol. The molecule has 0 fully saturated rings. The van der Waals surface area contributed by atoms with E-state index in [1.165, 1.54) is 12.1 Å². The van der Waals surface area contributed by atoms with Crippen LogP contribution in [0.2, 0.25) is 0 Å². The lowest BCUT2D eigenvalue weighted by Gasteiger charge is -2.05. The lowest BCUT2D eigenvalue weighted by molar-refractivity contribution is -0.384. The van der Waals surface area contributed by atoms with Gasteiger partial charge in [-0.15, -0.1) is 0 Å². The van der Waals surface area contributed by atoms with E-state index in [1.807, 2.05) is 0 Å². The smallest absolute Gasteiger partial charge is 0.269 e. The molecule has 0 saturated heterocycles. The van der Waals surface area contributed by atoms with E-state index in [9.17, 15) is 10.1 Å². The molecule has 0 amide bonds. The van der Waals surface area contributed by atoms with Crippen LogP contribution in [0.5, 0.6) is 5.75 Å². The van der Waals surface area contributed by atoms with Gasteiger partial charge in [0.25, 0.3) is 5.69 Å². The summed E-state index contributed by atoms with van der Waals surface area (Å²) < 4.78 is 5.44. The van der Waals surface area contributed by atoms with Gasteiger partial charge < -0.3 is 9.84 Å². The molecule has 0 unspecified atom stereocenters. The van der Waals surface area contributed by atoms with Crippen LogP contribution in [0.4, 0.5) is 5.69 Å². The maximum atomic E-state index is 10.4. The number of rotatable bonds is 8. The summed E-state index contributed by atoms with van der Waals surface area (Å²) in [5.41, 5.74) is 0.0697. The van der Waals surface area contributed by atoms with E-state index >= 15 is 0 Å². The van der Waals surface area contributed by atoms with Crippen LogP contribution in [-0.4, -0.2) is 23.2 Å². The van der Waals surface area contributed by atoms with Crippen LogP contribution in [-0.2, 0) is 0 Å². The zero-order chi connectivity index (χ0) is 12.5. The predicted molar refractivity (Wildman–Crippen MR) is 64.1 cm³/mol. The second-order valence-electron chi connectivity index (χ2n) is 3.74. The number of hydrogen-bond donors (Lipinski definition) is 1. The van der Waals surface area contributed by atoms with Crippen molar-refractivity contribution in [2.75, 3.05) is 13.2 Å². The Morgan fingerprint density at radius 1 is 1.12 bits per heavy atom. The van der Waals surface area contributed by atoms with Crippen LogP contribution in [0.3, 0.4) is 0 Å². The van der Waals surface area contributed by atoms with Crippen molar-refractivity contribution in [2.24, 2.45) is 0 Å². The lowest BCUT2D eigenvalue weighted by Crippen LogP contribution is -1.97. The Morgan fingerprint density at radius 3 is 2.35 bits per heavy atom. The first kappa shape index (κ1) is 13.4. The molecule has 0 aliphatic heterocycles. The van der Waals surface area contributed by atoms with Gasteiger partial charge in [-0.1, -0.05) is 6.42 Å². The van der Waals surface area contributed by atoms with E-state index in [0.29, 0.717) is 12.4 Å². The van der Waals surface area contributed by atoms with Gasteiger partial charge in [0.05, 0.1) is 11.5 Å². The van der Waals surface area contributed by atoms with Gasteiger partial charge in [0, 0.05) is 18.7 Å². The molecule has 0 heterocycles. The van der Waals surface area contributed by atoms with Crippen molar-refractivity contribution in [1.29, 1.82) is 0 Å². The number of hydrogen-bond acceptors (Lipinski definition) is 4. The molecule has 17 heavy (non-hydrogen) atoms. The highest BCUT2D eigenvalue weighted by atomic mass is 16.6. The van der Waals surface area contributed by atoms with Gasteiger partial charge in [-0.05, 0) is 31.4 Å². The van der Waals surface area contributed by atoms with E-state index in [1.54, 1.807) is 12.1 Å². The van der Waals surface area contributed by atoms with Crippen molar-refractivity contribution < 1.29 is 14.8 Å². The van der Waals surface area contributed by atoms with Gasteiger partial charge in [0.1, 0.15) is 5.75 Å². The van der Waals surface area contributed by atoms with Crippen molar-refractivity contribution in [3.8, 4) is 5.75 Å². The van der Waals surface area contributed by atoms with Gasteiger partial charge >= 0.3 is 0 Å². The Bertz CT molecular complexity index is 337. The third-order valence-corrected chi connectivity index (χ3v) is 2.37. The Balaban J connectivity index is 2.21. The monoisotopic (exact) mass is 239 g/mol. The normalized spacial score (nSPS) is 10.2. The quantitative estimate of drug-likeness (QED) is 0.430. The summed E-state index contributed by atoms with van der Waals surface area (Å²) in [4.78, 5) is 9.99. The fourth-order valence-corrected chi connectivity index (χ4v) is 1.42. The van der Waals surface area contributed by atoms with Crippen LogP contribution in [0.25, 0.3) is 0 Å². The Labute approximate surface area is 100 Å². The molecule has 5 heteroatoms. The fourth-order valence-electron chi connectivity index (χ4n) is 1.42. The fraction of sp³-hybridized carbons (Fsp3) is 0.500. The predicted octanol–water partition coefficient (Wildman–Crippen LogP) is 2.53. The van der Waals surface area contributed by atoms with Crippen molar-refractivity contribution in [1.82, 2.24) is 0 Å². The minimum Gasteiger partial charge on any atom is -0.494 e. The number of aliphatic hydroxyl groups is 1. The van der Waals surface area contributed by atoms with Crippen LogP contribution >= 0.6 is 0 Å². The molecule has 1 rings (SSSR count). The number of nitro benzene ring substituents is 1. The van der Waals surface area contributed by atoms with Crippen LogP contribution in [0.1, 0.15) is 25.7 Å². The van der Waals surface area contributed by atoms with Crippen LogP contribution < -0.4 is 4.74 Å². The van der Waals surface area contributed by atoms with Crippen molar-refractivity contribution in [2.45, 2.75) is 25.7 Å². The van der Waals surface area contributed by atoms with Crippen molar-refractivity contribution in [3.63, 3.8) is 0 Å². The molecular weight excluding hydrogens is 222 g/mol. The van der Waals surface area contributed by atoms with E-state index in [4.69, 9.17) is 9.84 Å². The summed E-state index contributed by atoms with van der Waals surface area (Å²) >= 11 is 0. The Kier molecular flexibility index (Phi) is 6.03. The third-order valence-electron chi connectivity index (χ3n) is 2.37. The van der Waals surface area contributed by atoms with Gasteiger partial charge in [-0.3, -0.25) is 10.1 Å². The molecule has 0 radical (unpaired) electrons. The zero-order valence-electron chi connectivity index (χ0n) is 9.67. The van der Waals surface area contributed by atoms with Gasteiger partial charge in [0.15, 0.2) is 0 Å². The standard InChI is InChI=1S/C12H17NO4/c14-9-3-1-2-4-10-17-12-7-5-11(6-8-12)13(15)16/h5-8,14H,1-4,9-10H2. The van der Waals surface area contributed by atoms with Gasteiger partial charge in [-0.2, -0.15) is 0 Å². The third kappa shape index (κ3) is 5.31. The summed E-state index contributed by atoms with van der Waals surface area (Å²) in [6.07, 6.45) is 3.78. The Morgan fingerprint density at radius 2 is 1.76 bits per heavy atom. The van der Waals surface area contributed by atoms with E-state index in [0.717, 1.165) is 25.7 Å². The molecule has 1 aromatic rings. The molecule has 0 aliphatic rings. The number of nitro groups is 1. The lowest BCUT2D eigenvalue weighted by atomic mass is 10.2. The molecule has 0 atom stereocenters. The van der Waals surface area contributed by atoms with E-state index in [2.05, 4.69) is 0 Å². The molecule has 94 valence electrons. The van der Waals surface area contributed by atoms with Gasteiger partial charge in [-0.25, -0.2) is 0 Å². The second-order valence-corrected chi connectivity index (χ2v) is 3.74. The first-order valence-corrected chi connectivity index (χ1v) is 5.72. The first-order chi connectivity index (χ1) is 8.24. The number of unbranched alkanes of at least 4 members (excludes halogenated alkanes) is 3. The maximum absolute atomic E-state index is 10.4. The molecule has 1 aromatic carbocycles. The van der Waals surface area contributed by atoms with Gasteiger partial charge in [0.2, 0.25) is 0 Å². The SMILES string of the molecule is O=[N+]([O-])c1ccc(OCCCCCCO)cc1. The number of non-ortho nitro benzene ring substituents is 1. The number of nitrogens with zero attached hydrogens (tertiary/aromatic N) is 1. The highest BCUT2D eigenvalue weighted by Gasteiger charge is 2.03. The number of ether oxygens (including phenoxy) is 1. The minimum atomic E-state index is -0.432. The number of benzene rings is 1. The maximum Gasteiger partial charge on any atom is 0.269 e. The summed E-state index contributed by atoms with van der Waals surface area (Å²) in [7, 11) is 0. The van der Waals surface area contributed by atoms with Crippen LogP contribution in [0.15, 0.2) is 24.3 Å². The van der Waals surface area contributed by atoms with E-state index in [-0.39, 0.29) is 12.3 Å². The second kappa shape index (κ2) is 7.62. The summed E-state index contributed by atoms with van der Waals surface area (Å²) in [6, 6.07) is 6.07. The van der Waals surface area contributed by atoms with Crippen LogP contribution in [0, 0.1) is 10.1 Å². The average Bonchev–Trinajstić information content (AvgIpc) is 2.34. The van der Waals surface area contributed by atoms with Crippen molar-refractivity contribution in [3.05, 3.63) is 34.4 Å². The highest BCUT2D eigenvalue weighted by Crippen LogP contribution is 2.17. The molecule has 1 N–H and O–H groups in total. The summed E-state index contributed by atoms with van der Waals surface area (Å²) in [5, 5.41) is 19.0. The zero-order valence-corrected chi connectivity index (χ0v) is 9.67. The number of aliphatic hydroxyl groups excluding tert-OH is 1. The molecule has 0 bridgehead atoms. The molecule has 0 aliphatic carbocycles. The summed E-state index contributed by atoms with van der Waals surface area (Å²) in [6.45, 7) is 0.840. The topological polar surface area (TPSA) is 72.6 Å². The van der Waals surface area contributed by atoms with E-state index < -0.39 is 4.92 Å². The highest BCUT2D eigenvalue weighted by molar-refractivity contribution is 5.35. The molecule has 0 saturated carbocycles. The summed E-state index contributed by atoms with van der Waals surface area (Å²) in [5.74, 6) is 0.651. The molecule has 0 spiro atoms. The first-order valence-electron chi connectivity index (χ1n) is 5.72. The molecule has 5 nitrogen and oxygen atoms in total. The molecule has 0 aromatic heterocycles. The Hall–Kier alpha value is -1.62. The molecular formula is C12H17NO4.